The Morgan fingerprint density at radius 3 is 2.65 bits per heavy atom. The summed E-state index contributed by atoms with van der Waals surface area (Å²) in [6, 6.07) is 11.8. The minimum absolute atomic E-state index is 0.186. The van der Waals surface area contributed by atoms with Crippen LogP contribution in [0, 0.1) is 16.7 Å². The molecule has 220 valence electrons. The predicted octanol–water partition coefficient (Wildman–Crippen LogP) is 3.76. The van der Waals surface area contributed by atoms with E-state index in [2.05, 4.69) is 37.8 Å². The molecule has 0 aromatic carbocycles. The van der Waals surface area contributed by atoms with Crippen LogP contribution >= 0.6 is 11.6 Å². The molecule has 3 fully saturated rings. The van der Waals surface area contributed by atoms with Gasteiger partial charge >= 0.3 is 0 Å². The average molecular weight is 597 g/mol. The van der Waals surface area contributed by atoms with E-state index in [0.29, 0.717) is 17.0 Å². The SMILES string of the molecule is CC1(O)CC2(CN(c3cc(-c4ccc(CC5(NC(=O)c6ncccc6Cl)CCNCC5)nc4)c4c(C#N)cnn4c3)C2)C1. The Morgan fingerprint density at radius 1 is 1.19 bits per heavy atom. The van der Waals surface area contributed by atoms with Crippen LogP contribution in [0.4, 0.5) is 5.69 Å². The van der Waals surface area contributed by atoms with E-state index in [-0.39, 0.29) is 17.0 Å². The molecule has 6 heterocycles. The molecule has 4 aromatic heterocycles. The second-order valence-electron chi connectivity index (χ2n) is 12.8. The summed E-state index contributed by atoms with van der Waals surface area (Å²) in [5, 5.41) is 31.5. The van der Waals surface area contributed by atoms with Gasteiger partial charge < -0.3 is 20.6 Å². The van der Waals surface area contributed by atoms with Crippen molar-refractivity contribution < 1.29 is 9.90 Å². The van der Waals surface area contributed by atoms with Gasteiger partial charge in [-0.05, 0) is 70.0 Å². The number of anilines is 1. The van der Waals surface area contributed by atoms with Crippen LogP contribution in [-0.2, 0) is 6.42 Å². The third-order valence-electron chi connectivity index (χ3n) is 9.22. The Hall–Kier alpha value is -4.04. The zero-order chi connectivity index (χ0) is 29.8. The molecular weight excluding hydrogens is 564 g/mol. The summed E-state index contributed by atoms with van der Waals surface area (Å²) >= 11 is 6.26. The van der Waals surface area contributed by atoms with Crippen LogP contribution in [0.25, 0.3) is 16.6 Å². The maximum atomic E-state index is 13.2. The highest BCUT2D eigenvalue weighted by molar-refractivity contribution is 6.33. The van der Waals surface area contributed by atoms with Crippen LogP contribution in [0.3, 0.4) is 0 Å². The van der Waals surface area contributed by atoms with E-state index in [1.165, 1.54) is 0 Å². The number of carbonyl (C=O) groups is 1. The zero-order valence-corrected chi connectivity index (χ0v) is 24.7. The van der Waals surface area contributed by atoms with E-state index in [1.807, 2.05) is 31.5 Å². The maximum absolute atomic E-state index is 13.2. The Labute approximate surface area is 254 Å². The third kappa shape index (κ3) is 5.12. The van der Waals surface area contributed by atoms with Crippen LogP contribution in [-0.4, -0.2) is 67.9 Å². The quantitative estimate of drug-likeness (QED) is 0.307. The van der Waals surface area contributed by atoms with Gasteiger partial charge in [-0.2, -0.15) is 10.4 Å². The molecule has 4 aromatic rings. The summed E-state index contributed by atoms with van der Waals surface area (Å²) in [6.45, 7) is 5.26. The standard InChI is InChI=1S/C32H33ClN8O2/c1-30(43)17-31(18-30)19-40(20-31)24-11-25(28-22(13-34)15-38-41(28)16-24)21-4-5-23(37-14-21)12-32(6-9-35-10-7-32)39-29(42)27-26(33)3-2-8-36-27/h2-5,8,11,14-16,35,43H,6-7,9-10,12,17-20H2,1H3,(H,39,42). The first-order valence-electron chi connectivity index (χ1n) is 14.7. The van der Waals surface area contributed by atoms with Gasteiger partial charge in [-0.25, -0.2) is 9.50 Å². The molecule has 10 nitrogen and oxygen atoms in total. The molecule has 11 heteroatoms. The largest absolute Gasteiger partial charge is 0.390 e. The van der Waals surface area contributed by atoms with E-state index >= 15 is 0 Å². The van der Waals surface area contributed by atoms with Gasteiger partial charge in [-0.3, -0.25) is 9.78 Å². The van der Waals surface area contributed by atoms with Crippen LogP contribution in [0.5, 0.6) is 0 Å². The van der Waals surface area contributed by atoms with Crippen LogP contribution in [0.15, 0.2) is 55.1 Å². The molecule has 0 unspecified atom stereocenters. The average Bonchev–Trinajstić information content (AvgIpc) is 3.38. The summed E-state index contributed by atoms with van der Waals surface area (Å²) in [7, 11) is 0. The molecule has 0 radical (unpaired) electrons. The van der Waals surface area contributed by atoms with Gasteiger partial charge in [0.1, 0.15) is 11.8 Å². The first-order valence-corrected chi connectivity index (χ1v) is 15.0. The van der Waals surface area contributed by atoms with Crippen LogP contribution < -0.4 is 15.5 Å². The van der Waals surface area contributed by atoms with E-state index < -0.39 is 11.1 Å². The van der Waals surface area contributed by atoms with Gasteiger partial charge in [-0.1, -0.05) is 17.7 Å². The van der Waals surface area contributed by atoms with Gasteiger partial charge in [0.25, 0.3) is 5.91 Å². The van der Waals surface area contributed by atoms with E-state index in [0.717, 1.165) is 79.9 Å². The molecule has 7 rings (SSSR count). The van der Waals surface area contributed by atoms with Gasteiger partial charge in [0.05, 0.1) is 39.8 Å². The number of amides is 1. The monoisotopic (exact) mass is 596 g/mol. The fraction of sp³-hybridized carbons (Fsp3) is 0.406. The molecule has 2 aliphatic heterocycles. The molecule has 0 bridgehead atoms. The number of pyridine rings is 3. The van der Waals surface area contributed by atoms with Crippen molar-refractivity contribution >= 4 is 28.7 Å². The number of hydrogen-bond acceptors (Lipinski definition) is 8. The fourth-order valence-electron chi connectivity index (χ4n) is 7.45. The number of aliphatic hydroxyl groups is 1. The number of carbonyl (C=O) groups excluding carboxylic acids is 1. The van der Waals surface area contributed by atoms with Crippen molar-refractivity contribution in [2.75, 3.05) is 31.1 Å². The minimum Gasteiger partial charge on any atom is -0.390 e. The Morgan fingerprint density at radius 2 is 1.98 bits per heavy atom. The molecule has 43 heavy (non-hydrogen) atoms. The van der Waals surface area contributed by atoms with Crippen LogP contribution in [0.2, 0.25) is 5.02 Å². The van der Waals surface area contributed by atoms with Gasteiger partial charge in [0.15, 0.2) is 0 Å². The molecule has 1 amide bonds. The number of halogens is 1. The number of aromatic nitrogens is 4. The molecule has 2 saturated heterocycles. The Kier molecular flexibility index (Phi) is 6.65. The molecule has 1 spiro atoms. The highest BCUT2D eigenvalue weighted by Gasteiger charge is 2.57. The lowest BCUT2D eigenvalue weighted by Gasteiger charge is -2.62. The van der Waals surface area contributed by atoms with Gasteiger partial charge in [0, 0.05) is 59.7 Å². The lowest BCUT2D eigenvalue weighted by atomic mass is 9.56. The van der Waals surface area contributed by atoms with E-state index in [9.17, 15) is 15.2 Å². The molecule has 0 atom stereocenters. The lowest BCUT2D eigenvalue weighted by molar-refractivity contribution is -0.126. The highest BCUT2D eigenvalue weighted by Crippen LogP contribution is 2.55. The number of nitrogens with one attached hydrogen (secondary N) is 2. The summed E-state index contributed by atoms with van der Waals surface area (Å²) in [5.74, 6) is -0.286. The number of nitriles is 1. The first kappa shape index (κ1) is 27.8. The second kappa shape index (κ2) is 10.3. The topological polar surface area (TPSA) is 131 Å². The van der Waals surface area contributed by atoms with Crippen molar-refractivity contribution in [3.8, 4) is 17.2 Å². The second-order valence-corrected chi connectivity index (χ2v) is 13.2. The van der Waals surface area contributed by atoms with Crippen molar-refractivity contribution in [1.29, 1.82) is 5.26 Å². The van der Waals surface area contributed by atoms with Crippen molar-refractivity contribution in [3.63, 3.8) is 0 Å². The molecule has 3 aliphatic rings. The Bertz CT molecular complexity index is 1740. The van der Waals surface area contributed by atoms with Crippen LogP contribution in [0.1, 0.15) is 54.4 Å². The number of fused-ring (bicyclic) bond motifs is 1. The number of nitrogens with zero attached hydrogens (tertiary/aromatic N) is 6. The van der Waals surface area contributed by atoms with Crippen molar-refractivity contribution in [2.24, 2.45) is 5.41 Å². The van der Waals surface area contributed by atoms with Crippen molar-refractivity contribution in [1.82, 2.24) is 30.2 Å². The third-order valence-corrected chi connectivity index (χ3v) is 9.52. The maximum Gasteiger partial charge on any atom is 0.271 e. The number of piperidine rings is 1. The lowest BCUT2D eigenvalue weighted by Crippen LogP contribution is -2.67. The number of hydrogen-bond donors (Lipinski definition) is 3. The summed E-state index contributed by atoms with van der Waals surface area (Å²) in [4.78, 5) is 24.5. The van der Waals surface area contributed by atoms with Crippen molar-refractivity contribution in [2.45, 2.75) is 50.2 Å². The van der Waals surface area contributed by atoms with Crippen molar-refractivity contribution in [3.05, 3.63) is 77.1 Å². The van der Waals surface area contributed by atoms with Gasteiger partial charge in [0.2, 0.25) is 0 Å². The fourth-order valence-corrected chi connectivity index (χ4v) is 7.66. The first-order chi connectivity index (χ1) is 20.7. The molecule has 3 N–H and O–H groups in total. The molecule has 1 aliphatic carbocycles. The normalized spacial score (nSPS) is 19.8. The Balaban J connectivity index is 1.16. The zero-order valence-electron chi connectivity index (χ0n) is 24.0. The summed E-state index contributed by atoms with van der Waals surface area (Å²) in [6.07, 6.45) is 10.7. The molecular formula is C32H33ClN8O2. The number of rotatable bonds is 6. The highest BCUT2D eigenvalue weighted by atomic mass is 35.5. The molecule has 1 saturated carbocycles. The van der Waals surface area contributed by atoms with Gasteiger partial charge in [-0.15, -0.1) is 0 Å². The summed E-state index contributed by atoms with van der Waals surface area (Å²) < 4.78 is 1.78. The minimum atomic E-state index is -0.556. The predicted molar refractivity (Wildman–Crippen MR) is 163 cm³/mol. The summed E-state index contributed by atoms with van der Waals surface area (Å²) in [5.41, 5.74) is 4.29. The van der Waals surface area contributed by atoms with E-state index in [4.69, 9.17) is 16.6 Å². The smallest absolute Gasteiger partial charge is 0.271 e. The van der Waals surface area contributed by atoms with E-state index in [1.54, 1.807) is 29.0 Å².